The molecule has 9 nitrogen and oxygen atoms in total. The number of fused-ring (bicyclic) bond motifs is 1. The number of carbonyl (C=O) groups is 1. The maximum absolute atomic E-state index is 13.4. The second kappa shape index (κ2) is 10.1. The quantitative estimate of drug-likeness (QED) is 0.317. The van der Waals surface area contributed by atoms with Crippen LogP contribution in [0.15, 0.2) is 28.0 Å². The molecule has 0 aromatic carbocycles. The lowest BCUT2D eigenvalue weighted by molar-refractivity contribution is -0.123. The van der Waals surface area contributed by atoms with E-state index in [4.69, 9.17) is 17.0 Å². The van der Waals surface area contributed by atoms with Crippen LogP contribution in [0.3, 0.4) is 0 Å². The molecule has 0 bridgehead atoms. The standard InChI is InChI=1S/C22H26N4O5S3/c1-3-31-9-4-8-23-19-16(20(27)25-12-14(2)5-6-18(25)24-19)11-17-21(28)26(22(32)33-17)15-7-10-34(29,30)13-15/h5-6,11-12,15,23H,3-4,7-10,13H2,1-2H3/b17-11+. The molecule has 0 saturated carbocycles. The van der Waals surface area contributed by atoms with Crippen molar-refractivity contribution in [3.05, 3.63) is 44.7 Å². The number of aryl methyl sites for hydroxylation is 1. The number of amides is 1. The molecule has 2 aromatic heterocycles. The first kappa shape index (κ1) is 24.8. The van der Waals surface area contributed by atoms with Crippen LogP contribution in [-0.2, 0) is 19.4 Å². The van der Waals surface area contributed by atoms with Crippen LogP contribution in [-0.4, -0.2) is 70.2 Å². The molecule has 1 unspecified atom stereocenters. The van der Waals surface area contributed by atoms with Crippen molar-refractivity contribution in [3.8, 4) is 0 Å². The molecule has 12 heteroatoms. The summed E-state index contributed by atoms with van der Waals surface area (Å²) in [5.74, 6) is -0.0651. The Morgan fingerprint density at radius 3 is 2.85 bits per heavy atom. The van der Waals surface area contributed by atoms with Gasteiger partial charge in [0.2, 0.25) is 0 Å². The molecule has 2 aliphatic heterocycles. The van der Waals surface area contributed by atoms with Gasteiger partial charge in [0.15, 0.2) is 9.84 Å². The predicted octanol–water partition coefficient (Wildman–Crippen LogP) is 2.23. The second-order valence-electron chi connectivity index (χ2n) is 8.20. The maximum Gasteiger partial charge on any atom is 0.267 e. The number of nitrogens with one attached hydrogen (secondary N) is 1. The number of thioether (sulfide) groups is 1. The van der Waals surface area contributed by atoms with Crippen LogP contribution in [0, 0.1) is 6.92 Å². The summed E-state index contributed by atoms with van der Waals surface area (Å²) < 4.78 is 31.0. The number of pyridine rings is 1. The molecule has 2 fully saturated rings. The van der Waals surface area contributed by atoms with E-state index in [1.807, 2.05) is 19.9 Å². The smallest absolute Gasteiger partial charge is 0.267 e. The van der Waals surface area contributed by atoms with Gasteiger partial charge in [-0.15, -0.1) is 0 Å². The number of anilines is 1. The molecule has 2 aromatic rings. The van der Waals surface area contributed by atoms with E-state index in [2.05, 4.69) is 10.3 Å². The number of ether oxygens (including phenoxy) is 1. The molecule has 2 saturated heterocycles. The lowest BCUT2D eigenvalue weighted by Crippen LogP contribution is -2.39. The number of nitrogens with zero attached hydrogens (tertiary/aromatic N) is 3. The van der Waals surface area contributed by atoms with Gasteiger partial charge in [-0.1, -0.05) is 30.0 Å². The van der Waals surface area contributed by atoms with Crippen molar-refractivity contribution in [2.75, 3.05) is 36.6 Å². The van der Waals surface area contributed by atoms with Gasteiger partial charge in [-0.05, 0) is 44.4 Å². The first-order valence-corrected chi connectivity index (χ1v) is 14.1. The summed E-state index contributed by atoms with van der Waals surface area (Å²) in [6, 6.07) is 3.17. The van der Waals surface area contributed by atoms with Crippen molar-refractivity contribution in [2.45, 2.75) is 32.7 Å². The molecule has 0 radical (unpaired) electrons. The number of thiocarbonyl (C=S) groups is 1. The third-order valence-corrected chi connectivity index (χ3v) is 8.72. The number of sulfone groups is 1. The topological polar surface area (TPSA) is 110 Å². The van der Waals surface area contributed by atoms with Gasteiger partial charge in [0.05, 0.1) is 28.0 Å². The van der Waals surface area contributed by atoms with Crippen LogP contribution in [0.25, 0.3) is 11.7 Å². The van der Waals surface area contributed by atoms with E-state index >= 15 is 0 Å². The average molecular weight is 523 g/mol. The van der Waals surface area contributed by atoms with Crippen LogP contribution in [0.5, 0.6) is 0 Å². The summed E-state index contributed by atoms with van der Waals surface area (Å²) in [7, 11) is -3.18. The minimum Gasteiger partial charge on any atom is -0.382 e. The van der Waals surface area contributed by atoms with E-state index in [-0.39, 0.29) is 33.4 Å². The van der Waals surface area contributed by atoms with Crippen LogP contribution >= 0.6 is 24.0 Å². The fraction of sp³-hybridized carbons (Fsp3) is 0.455. The Balaban J connectivity index is 1.70. The molecule has 1 amide bonds. The Bertz CT molecular complexity index is 1340. The van der Waals surface area contributed by atoms with Gasteiger partial charge in [-0.3, -0.25) is 18.9 Å². The van der Waals surface area contributed by atoms with Gasteiger partial charge in [-0.2, -0.15) is 0 Å². The summed E-state index contributed by atoms with van der Waals surface area (Å²) in [6.07, 6.45) is 4.29. The Morgan fingerprint density at radius 1 is 1.35 bits per heavy atom. The van der Waals surface area contributed by atoms with E-state index in [1.165, 1.54) is 15.4 Å². The Hall–Kier alpha value is -2.28. The number of carbonyl (C=O) groups excluding carboxylic acids is 1. The Morgan fingerprint density at radius 2 is 2.15 bits per heavy atom. The SMILES string of the molecule is CCOCCCNc1nc2ccc(C)cn2c(=O)c1/C=C1/SC(=S)N(C2CCS(=O)(=O)C2)C1=O. The zero-order chi connectivity index (χ0) is 24.5. The number of rotatable bonds is 8. The first-order chi connectivity index (χ1) is 16.2. The Kier molecular flexibility index (Phi) is 7.41. The molecule has 0 aliphatic carbocycles. The number of aromatic nitrogens is 2. The number of hydrogen-bond donors (Lipinski definition) is 1. The molecule has 2 aliphatic rings. The highest BCUT2D eigenvalue weighted by molar-refractivity contribution is 8.26. The first-order valence-electron chi connectivity index (χ1n) is 11.0. The summed E-state index contributed by atoms with van der Waals surface area (Å²) in [6.45, 7) is 5.55. The molecule has 1 atom stereocenters. The van der Waals surface area contributed by atoms with Gasteiger partial charge in [0, 0.05) is 26.0 Å². The molecule has 4 heterocycles. The Labute approximate surface area is 207 Å². The molecule has 4 rings (SSSR count). The highest BCUT2D eigenvalue weighted by Crippen LogP contribution is 2.36. The molecule has 34 heavy (non-hydrogen) atoms. The van der Waals surface area contributed by atoms with Crippen molar-refractivity contribution in [1.82, 2.24) is 14.3 Å². The highest BCUT2D eigenvalue weighted by atomic mass is 32.2. The fourth-order valence-electron chi connectivity index (χ4n) is 3.95. The van der Waals surface area contributed by atoms with Gasteiger partial charge in [0.25, 0.3) is 11.5 Å². The van der Waals surface area contributed by atoms with Crippen LogP contribution in [0.2, 0.25) is 0 Å². The summed E-state index contributed by atoms with van der Waals surface area (Å²) >= 11 is 6.47. The minimum absolute atomic E-state index is 0.0406. The second-order valence-corrected chi connectivity index (χ2v) is 12.1. The van der Waals surface area contributed by atoms with Gasteiger partial charge in [-0.25, -0.2) is 13.4 Å². The molecular weight excluding hydrogens is 496 g/mol. The fourth-order valence-corrected chi connectivity index (χ4v) is 7.04. The lowest BCUT2D eigenvalue weighted by Gasteiger charge is -2.20. The lowest BCUT2D eigenvalue weighted by atomic mass is 10.2. The largest absolute Gasteiger partial charge is 0.382 e. The molecular formula is C22H26N4O5S3. The zero-order valence-electron chi connectivity index (χ0n) is 18.9. The van der Waals surface area contributed by atoms with Crippen LogP contribution < -0.4 is 10.9 Å². The van der Waals surface area contributed by atoms with E-state index < -0.39 is 15.9 Å². The van der Waals surface area contributed by atoms with Gasteiger partial charge < -0.3 is 10.1 Å². The monoisotopic (exact) mass is 522 g/mol. The summed E-state index contributed by atoms with van der Waals surface area (Å²) in [5, 5.41) is 3.20. The van der Waals surface area contributed by atoms with E-state index in [0.29, 0.717) is 42.0 Å². The molecule has 1 N–H and O–H groups in total. The predicted molar refractivity (Wildman–Crippen MR) is 138 cm³/mol. The van der Waals surface area contributed by atoms with Crippen molar-refractivity contribution in [3.63, 3.8) is 0 Å². The van der Waals surface area contributed by atoms with E-state index in [0.717, 1.165) is 23.7 Å². The normalized spacial score (nSPS) is 21.2. The van der Waals surface area contributed by atoms with E-state index in [9.17, 15) is 18.0 Å². The molecule has 182 valence electrons. The van der Waals surface area contributed by atoms with Crippen LogP contribution in [0.1, 0.15) is 30.9 Å². The summed E-state index contributed by atoms with van der Waals surface area (Å²) in [4.78, 5) is 32.9. The van der Waals surface area contributed by atoms with Gasteiger partial charge in [0.1, 0.15) is 15.8 Å². The maximum atomic E-state index is 13.4. The van der Waals surface area contributed by atoms with Crippen molar-refractivity contribution >= 4 is 61.6 Å². The average Bonchev–Trinajstić information content (AvgIpc) is 3.28. The zero-order valence-corrected chi connectivity index (χ0v) is 21.4. The van der Waals surface area contributed by atoms with Crippen molar-refractivity contribution < 1.29 is 17.9 Å². The van der Waals surface area contributed by atoms with Crippen molar-refractivity contribution in [2.24, 2.45) is 0 Å². The third-order valence-electron chi connectivity index (χ3n) is 5.64. The van der Waals surface area contributed by atoms with Crippen molar-refractivity contribution in [1.29, 1.82) is 0 Å². The summed E-state index contributed by atoms with van der Waals surface area (Å²) in [5.41, 5.74) is 1.33. The minimum atomic E-state index is -3.18. The van der Waals surface area contributed by atoms with E-state index in [1.54, 1.807) is 12.3 Å². The molecule has 0 spiro atoms. The third kappa shape index (κ3) is 5.19. The number of hydrogen-bond acceptors (Lipinski definition) is 9. The van der Waals surface area contributed by atoms with Crippen LogP contribution in [0.4, 0.5) is 5.82 Å². The van der Waals surface area contributed by atoms with Gasteiger partial charge >= 0.3 is 0 Å². The highest BCUT2D eigenvalue weighted by Gasteiger charge is 2.42.